The van der Waals surface area contributed by atoms with Gasteiger partial charge in [0, 0.05) is 18.6 Å². The van der Waals surface area contributed by atoms with Crippen LogP contribution in [0.15, 0.2) is 53.7 Å². The zero-order valence-corrected chi connectivity index (χ0v) is 19.0. The third-order valence-electron chi connectivity index (χ3n) is 4.10. The Hall–Kier alpha value is -3.11. The van der Waals surface area contributed by atoms with Crippen LogP contribution < -0.4 is 8.92 Å². The number of aliphatic carboxylic acids is 1. The van der Waals surface area contributed by atoms with E-state index >= 15 is 0 Å². The molecule has 10 heteroatoms. The molecular formula is C22H27NO8S. The van der Waals surface area contributed by atoms with E-state index in [0.717, 1.165) is 11.8 Å². The van der Waals surface area contributed by atoms with Gasteiger partial charge in [-0.15, -0.1) is 0 Å². The van der Waals surface area contributed by atoms with Gasteiger partial charge in [-0.05, 0) is 55.8 Å². The molecule has 0 bridgehead atoms. The second-order valence-corrected chi connectivity index (χ2v) is 8.26. The summed E-state index contributed by atoms with van der Waals surface area (Å²) in [6.45, 7) is 4.35. The fraction of sp³-hybridized carbons (Fsp3) is 0.364. The molecule has 174 valence electrons. The summed E-state index contributed by atoms with van der Waals surface area (Å²) in [5, 5.41) is 13.3. The molecule has 0 saturated carbocycles. The summed E-state index contributed by atoms with van der Waals surface area (Å²) in [5.41, 5.74) is 1.99. The maximum Gasteiger partial charge on any atom is 0.333 e. The Kier molecular flexibility index (Phi) is 9.48. The normalized spacial score (nSPS) is 12.8. The van der Waals surface area contributed by atoms with Crippen LogP contribution in [0.25, 0.3) is 0 Å². The SMILES string of the molecule is CCON=C(COc1ccc(CC(OCC)C(=O)O)cc1)c1ccc(OS(C)(=O)=O)cc1. The zero-order valence-electron chi connectivity index (χ0n) is 18.2. The van der Waals surface area contributed by atoms with E-state index in [9.17, 15) is 18.3 Å². The predicted octanol–water partition coefficient (Wildman–Crippen LogP) is 2.88. The van der Waals surface area contributed by atoms with E-state index in [-0.39, 0.29) is 18.8 Å². The maximum atomic E-state index is 11.2. The third-order valence-corrected chi connectivity index (χ3v) is 4.60. The number of benzene rings is 2. The molecule has 9 nitrogen and oxygen atoms in total. The molecule has 1 N–H and O–H groups in total. The van der Waals surface area contributed by atoms with Crippen molar-refractivity contribution in [1.29, 1.82) is 0 Å². The molecule has 0 aliphatic rings. The number of nitrogens with zero attached hydrogens (tertiary/aromatic N) is 1. The molecule has 0 radical (unpaired) electrons. The van der Waals surface area contributed by atoms with Gasteiger partial charge in [0.25, 0.3) is 0 Å². The Labute approximate surface area is 187 Å². The van der Waals surface area contributed by atoms with Crippen LogP contribution in [0.3, 0.4) is 0 Å². The Bertz CT molecular complexity index is 1000. The van der Waals surface area contributed by atoms with Gasteiger partial charge in [0.15, 0.2) is 6.10 Å². The van der Waals surface area contributed by atoms with E-state index in [1.165, 1.54) is 12.1 Å². The van der Waals surface area contributed by atoms with Crippen molar-refractivity contribution >= 4 is 21.8 Å². The van der Waals surface area contributed by atoms with Crippen molar-refractivity contribution in [2.24, 2.45) is 5.16 Å². The van der Waals surface area contributed by atoms with Crippen molar-refractivity contribution in [2.45, 2.75) is 26.4 Å². The highest BCUT2D eigenvalue weighted by molar-refractivity contribution is 7.86. The minimum Gasteiger partial charge on any atom is -0.487 e. The van der Waals surface area contributed by atoms with Gasteiger partial charge in [-0.1, -0.05) is 17.3 Å². The first-order chi connectivity index (χ1) is 15.2. The van der Waals surface area contributed by atoms with Crippen LogP contribution in [-0.2, 0) is 30.9 Å². The second kappa shape index (κ2) is 12.1. The van der Waals surface area contributed by atoms with E-state index in [0.29, 0.717) is 30.2 Å². The van der Waals surface area contributed by atoms with Crippen LogP contribution >= 0.6 is 0 Å². The fourth-order valence-corrected chi connectivity index (χ4v) is 3.15. The van der Waals surface area contributed by atoms with Crippen LogP contribution in [-0.4, -0.2) is 57.4 Å². The van der Waals surface area contributed by atoms with Gasteiger partial charge in [-0.25, -0.2) is 4.79 Å². The van der Waals surface area contributed by atoms with Crippen molar-refractivity contribution in [2.75, 3.05) is 26.1 Å². The lowest BCUT2D eigenvalue weighted by molar-refractivity contribution is -0.149. The van der Waals surface area contributed by atoms with Crippen molar-refractivity contribution < 1.29 is 36.8 Å². The van der Waals surface area contributed by atoms with Gasteiger partial charge in [-0.3, -0.25) is 0 Å². The van der Waals surface area contributed by atoms with Crippen LogP contribution in [0.2, 0.25) is 0 Å². The predicted molar refractivity (Wildman–Crippen MR) is 119 cm³/mol. The highest BCUT2D eigenvalue weighted by Gasteiger charge is 2.18. The second-order valence-electron chi connectivity index (χ2n) is 6.69. The quantitative estimate of drug-likeness (QED) is 0.272. The summed E-state index contributed by atoms with van der Waals surface area (Å²) in [7, 11) is -3.61. The summed E-state index contributed by atoms with van der Waals surface area (Å²) < 4.78 is 38.4. The molecule has 0 saturated heterocycles. The highest BCUT2D eigenvalue weighted by Crippen LogP contribution is 2.17. The van der Waals surface area contributed by atoms with Crippen molar-refractivity contribution in [3.63, 3.8) is 0 Å². The van der Waals surface area contributed by atoms with Gasteiger partial charge in [-0.2, -0.15) is 8.42 Å². The first-order valence-electron chi connectivity index (χ1n) is 9.96. The summed E-state index contributed by atoms with van der Waals surface area (Å²) in [5.74, 6) is -0.245. The third kappa shape index (κ3) is 8.56. The largest absolute Gasteiger partial charge is 0.487 e. The van der Waals surface area contributed by atoms with Gasteiger partial charge in [0.05, 0.1) is 6.26 Å². The Morgan fingerprint density at radius 1 is 1.00 bits per heavy atom. The van der Waals surface area contributed by atoms with Crippen molar-refractivity contribution in [3.05, 3.63) is 59.7 Å². The van der Waals surface area contributed by atoms with Crippen LogP contribution in [0.5, 0.6) is 11.5 Å². The number of hydrogen-bond acceptors (Lipinski definition) is 8. The molecule has 1 atom stereocenters. The maximum absolute atomic E-state index is 11.2. The Balaban J connectivity index is 2.05. The summed E-state index contributed by atoms with van der Waals surface area (Å²) in [4.78, 5) is 16.4. The number of carbonyl (C=O) groups is 1. The molecule has 0 aliphatic carbocycles. The lowest BCUT2D eigenvalue weighted by atomic mass is 10.1. The van der Waals surface area contributed by atoms with E-state index in [1.807, 2.05) is 0 Å². The molecule has 0 heterocycles. The van der Waals surface area contributed by atoms with Crippen LogP contribution in [0, 0.1) is 0 Å². The molecule has 2 aromatic rings. The number of rotatable bonds is 13. The highest BCUT2D eigenvalue weighted by atomic mass is 32.2. The van der Waals surface area contributed by atoms with Crippen molar-refractivity contribution in [3.8, 4) is 11.5 Å². The summed E-state index contributed by atoms with van der Waals surface area (Å²) >= 11 is 0. The molecule has 0 fully saturated rings. The van der Waals surface area contributed by atoms with Gasteiger partial charge in [0.2, 0.25) is 0 Å². The van der Waals surface area contributed by atoms with Crippen LogP contribution in [0.1, 0.15) is 25.0 Å². The van der Waals surface area contributed by atoms with E-state index in [1.54, 1.807) is 50.2 Å². The zero-order chi connectivity index (χ0) is 23.6. The van der Waals surface area contributed by atoms with Gasteiger partial charge < -0.3 is 23.6 Å². The fourth-order valence-electron chi connectivity index (χ4n) is 2.69. The summed E-state index contributed by atoms with van der Waals surface area (Å²) in [6.07, 6.45) is 0.328. The van der Waals surface area contributed by atoms with E-state index in [2.05, 4.69) is 5.16 Å². The van der Waals surface area contributed by atoms with Gasteiger partial charge in [0.1, 0.15) is 30.4 Å². The molecular weight excluding hydrogens is 438 g/mol. The molecule has 0 amide bonds. The molecule has 0 spiro atoms. The first kappa shape index (κ1) is 25.2. The minimum atomic E-state index is -3.61. The molecule has 0 aliphatic heterocycles. The number of carboxylic acids is 1. The minimum absolute atomic E-state index is 0.0995. The smallest absolute Gasteiger partial charge is 0.333 e. The standard InChI is InChI=1S/C22H27NO8S/c1-4-28-21(22(24)25)14-16-6-10-18(11-7-16)29-15-20(23-30-5-2)17-8-12-19(13-9-17)31-32(3,26)27/h6-13,21H,4-5,14-15H2,1-3H3,(H,24,25). The summed E-state index contributed by atoms with van der Waals surface area (Å²) in [6, 6.07) is 13.4. The number of hydrogen-bond donors (Lipinski definition) is 1. The average Bonchev–Trinajstić information content (AvgIpc) is 2.74. The number of ether oxygens (including phenoxy) is 2. The van der Waals surface area contributed by atoms with E-state index < -0.39 is 22.2 Å². The van der Waals surface area contributed by atoms with Crippen LogP contribution in [0.4, 0.5) is 0 Å². The molecule has 0 aromatic heterocycles. The number of carboxylic acid groups (broad SMARTS) is 1. The Morgan fingerprint density at radius 2 is 1.62 bits per heavy atom. The first-order valence-corrected chi connectivity index (χ1v) is 11.8. The topological polar surface area (TPSA) is 121 Å². The van der Waals surface area contributed by atoms with Crippen molar-refractivity contribution in [1.82, 2.24) is 0 Å². The lowest BCUT2D eigenvalue weighted by Gasteiger charge is -2.13. The van der Waals surface area contributed by atoms with E-state index in [4.69, 9.17) is 18.5 Å². The number of oxime groups is 1. The molecule has 2 rings (SSSR count). The van der Waals surface area contributed by atoms with Gasteiger partial charge >= 0.3 is 16.1 Å². The molecule has 1 unspecified atom stereocenters. The monoisotopic (exact) mass is 465 g/mol. The Morgan fingerprint density at radius 3 is 2.16 bits per heavy atom. The lowest BCUT2D eigenvalue weighted by Crippen LogP contribution is -2.26. The average molecular weight is 466 g/mol. The molecule has 32 heavy (non-hydrogen) atoms. The molecule has 2 aromatic carbocycles.